The van der Waals surface area contributed by atoms with Crippen LogP contribution in [0, 0.1) is 6.92 Å². The van der Waals surface area contributed by atoms with Gasteiger partial charge in [0, 0.05) is 5.56 Å². The van der Waals surface area contributed by atoms with E-state index in [0.717, 1.165) is 18.4 Å². The van der Waals surface area contributed by atoms with Gasteiger partial charge in [0.05, 0.1) is 12.8 Å². The number of hydrogen-bond donors (Lipinski definition) is 1. The molecular formula is C10H15NO2. The largest absolute Gasteiger partial charge is 0.506 e. The van der Waals surface area contributed by atoms with Crippen LogP contribution in [-0.2, 0) is 0 Å². The van der Waals surface area contributed by atoms with Crippen LogP contribution in [0.4, 0.5) is 0 Å². The van der Waals surface area contributed by atoms with E-state index in [1.165, 1.54) is 6.20 Å². The molecular weight excluding hydrogens is 166 g/mol. The zero-order chi connectivity index (χ0) is 9.68. The lowest BCUT2D eigenvalue weighted by Gasteiger charge is -2.06. The lowest BCUT2D eigenvalue weighted by Crippen LogP contribution is -1.99. The third kappa shape index (κ3) is 2.93. The van der Waals surface area contributed by atoms with Gasteiger partial charge in [-0.1, -0.05) is 13.3 Å². The Hall–Kier alpha value is -1.25. The van der Waals surface area contributed by atoms with Crippen LogP contribution < -0.4 is 4.74 Å². The first-order chi connectivity index (χ1) is 6.24. The molecule has 0 aromatic carbocycles. The van der Waals surface area contributed by atoms with E-state index in [4.69, 9.17) is 9.84 Å². The molecule has 0 saturated heterocycles. The average Bonchev–Trinajstić information content (AvgIpc) is 2.09. The van der Waals surface area contributed by atoms with Crippen molar-refractivity contribution in [2.24, 2.45) is 0 Å². The van der Waals surface area contributed by atoms with Gasteiger partial charge in [0.25, 0.3) is 0 Å². The van der Waals surface area contributed by atoms with Crippen LogP contribution in [-0.4, -0.2) is 16.7 Å². The minimum Gasteiger partial charge on any atom is -0.506 e. The van der Waals surface area contributed by atoms with E-state index in [2.05, 4.69) is 11.9 Å². The molecule has 0 spiro atoms. The number of pyridine rings is 1. The molecule has 0 amide bonds. The number of aromatic nitrogens is 1. The summed E-state index contributed by atoms with van der Waals surface area (Å²) in [4.78, 5) is 3.98. The molecule has 0 atom stereocenters. The van der Waals surface area contributed by atoms with Crippen LogP contribution in [0.25, 0.3) is 0 Å². The fourth-order valence-corrected chi connectivity index (χ4v) is 1.01. The summed E-state index contributed by atoms with van der Waals surface area (Å²) in [6, 6.07) is 1.65. The third-order valence-electron chi connectivity index (χ3n) is 1.75. The highest BCUT2D eigenvalue weighted by atomic mass is 16.5. The number of aryl methyl sites for hydroxylation is 1. The predicted octanol–water partition coefficient (Wildman–Crippen LogP) is 2.27. The van der Waals surface area contributed by atoms with E-state index < -0.39 is 0 Å². The van der Waals surface area contributed by atoms with Gasteiger partial charge in [-0.3, -0.25) is 0 Å². The second-order valence-corrected chi connectivity index (χ2v) is 3.02. The van der Waals surface area contributed by atoms with Gasteiger partial charge in [-0.2, -0.15) is 0 Å². The van der Waals surface area contributed by atoms with Gasteiger partial charge in [0.15, 0.2) is 0 Å². The highest BCUT2D eigenvalue weighted by Crippen LogP contribution is 2.18. The molecule has 0 unspecified atom stereocenters. The standard InChI is InChI=1S/C10H15NO2/c1-3-4-5-13-10-8(2)6-9(12)7-11-10/h6-7,12H,3-5H2,1-2H3. The van der Waals surface area contributed by atoms with Crippen molar-refractivity contribution >= 4 is 0 Å². The molecule has 3 nitrogen and oxygen atoms in total. The Morgan fingerprint density at radius 2 is 2.31 bits per heavy atom. The normalized spacial score (nSPS) is 10.0. The number of rotatable bonds is 4. The van der Waals surface area contributed by atoms with Crippen molar-refractivity contribution < 1.29 is 9.84 Å². The molecule has 72 valence electrons. The summed E-state index contributed by atoms with van der Waals surface area (Å²) < 4.78 is 5.41. The number of ether oxygens (including phenoxy) is 1. The van der Waals surface area contributed by atoms with Crippen molar-refractivity contribution in [3.8, 4) is 11.6 Å². The summed E-state index contributed by atoms with van der Waals surface area (Å²) in [5, 5.41) is 9.09. The summed E-state index contributed by atoms with van der Waals surface area (Å²) in [5.74, 6) is 0.798. The Morgan fingerprint density at radius 1 is 1.54 bits per heavy atom. The van der Waals surface area contributed by atoms with Gasteiger partial charge in [0.2, 0.25) is 5.88 Å². The summed E-state index contributed by atoms with van der Waals surface area (Å²) >= 11 is 0. The number of nitrogens with zero attached hydrogens (tertiary/aromatic N) is 1. The van der Waals surface area contributed by atoms with Crippen molar-refractivity contribution in [1.82, 2.24) is 4.98 Å². The molecule has 0 radical (unpaired) electrons. The van der Waals surface area contributed by atoms with Gasteiger partial charge in [0.1, 0.15) is 5.75 Å². The number of hydrogen-bond acceptors (Lipinski definition) is 3. The summed E-state index contributed by atoms with van der Waals surface area (Å²) in [6.45, 7) is 4.67. The van der Waals surface area contributed by atoms with Crippen LogP contribution in [0.5, 0.6) is 11.6 Å². The summed E-state index contributed by atoms with van der Waals surface area (Å²) in [7, 11) is 0. The van der Waals surface area contributed by atoms with Gasteiger partial charge in [-0.05, 0) is 19.4 Å². The SMILES string of the molecule is CCCCOc1ncc(O)cc1C. The molecule has 1 rings (SSSR count). The van der Waals surface area contributed by atoms with Crippen molar-refractivity contribution in [3.63, 3.8) is 0 Å². The molecule has 1 aromatic heterocycles. The van der Waals surface area contributed by atoms with Crippen LogP contribution in [0.2, 0.25) is 0 Å². The Morgan fingerprint density at radius 3 is 2.92 bits per heavy atom. The first kappa shape index (κ1) is 9.84. The second kappa shape index (κ2) is 4.70. The Kier molecular flexibility index (Phi) is 3.55. The van der Waals surface area contributed by atoms with Crippen LogP contribution in [0.3, 0.4) is 0 Å². The smallest absolute Gasteiger partial charge is 0.216 e. The molecule has 0 saturated carbocycles. The van der Waals surface area contributed by atoms with Crippen LogP contribution in [0.1, 0.15) is 25.3 Å². The second-order valence-electron chi connectivity index (χ2n) is 3.02. The maximum Gasteiger partial charge on any atom is 0.216 e. The van der Waals surface area contributed by atoms with Gasteiger partial charge in [-0.25, -0.2) is 4.98 Å². The number of aromatic hydroxyl groups is 1. The van der Waals surface area contributed by atoms with E-state index in [0.29, 0.717) is 12.5 Å². The van der Waals surface area contributed by atoms with Gasteiger partial charge < -0.3 is 9.84 Å². The molecule has 13 heavy (non-hydrogen) atoms. The van der Waals surface area contributed by atoms with Gasteiger partial charge >= 0.3 is 0 Å². The number of unbranched alkanes of at least 4 members (excludes halogenated alkanes) is 1. The first-order valence-electron chi connectivity index (χ1n) is 4.52. The Labute approximate surface area is 78.4 Å². The van der Waals surface area contributed by atoms with Crippen molar-refractivity contribution in [1.29, 1.82) is 0 Å². The lowest BCUT2D eigenvalue weighted by atomic mass is 10.3. The minimum atomic E-state index is 0.181. The highest BCUT2D eigenvalue weighted by Gasteiger charge is 2.01. The van der Waals surface area contributed by atoms with E-state index in [9.17, 15) is 0 Å². The lowest BCUT2D eigenvalue weighted by molar-refractivity contribution is 0.294. The van der Waals surface area contributed by atoms with Crippen LogP contribution in [0.15, 0.2) is 12.3 Å². The molecule has 0 fully saturated rings. The topological polar surface area (TPSA) is 42.4 Å². The van der Waals surface area contributed by atoms with E-state index >= 15 is 0 Å². The molecule has 0 aliphatic carbocycles. The molecule has 0 bridgehead atoms. The molecule has 1 aromatic rings. The third-order valence-corrected chi connectivity index (χ3v) is 1.75. The van der Waals surface area contributed by atoms with E-state index in [1.54, 1.807) is 6.07 Å². The van der Waals surface area contributed by atoms with Crippen LogP contribution >= 0.6 is 0 Å². The quantitative estimate of drug-likeness (QED) is 0.724. The predicted molar refractivity (Wildman–Crippen MR) is 51.0 cm³/mol. The summed E-state index contributed by atoms with van der Waals surface area (Å²) in [6.07, 6.45) is 3.54. The molecule has 0 aliphatic heterocycles. The monoisotopic (exact) mass is 181 g/mol. The van der Waals surface area contributed by atoms with Gasteiger partial charge in [-0.15, -0.1) is 0 Å². The molecule has 0 aliphatic rings. The average molecular weight is 181 g/mol. The van der Waals surface area contributed by atoms with Crippen molar-refractivity contribution in [2.45, 2.75) is 26.7 Å². The molecule has 1 heterocycles. The fourth-order valence-electron chi connectivity index (χ4n) is 1.01. The maximum absolute atomic E-state index is 9.09. The molecule has 1 N–H and O–H groups in total. The zero-order valence-electron chi connectivity index (χ0n) is 8.08. The van der Waals surface area contributed by atoms with E-state index in [-0.39, 0.29) is 5.75 Å². The zero-order valence-corrected chi connectivity index (χ0v) is 8.08. The highest BCUT2D eigenvalue weighted by molar-refractivity contribution is 5.30. The maximum atomic E-state index is 9.09. The van der Waals surface area contributed by atoms with Crippen molar-refractivity contribution in [2.75, 3.05) is 6.61 Å². The Bertz CT molecular complexity index is 274. The minimum absolute atomic E-state index is 0.181. The molecule has 3 heteroatoms. The van der Waals surface area contributed by atoms with E-state index in [1.807, 2.05) is 6.92 Å². The van der Waals surface area contributed by atoms with Crippen molar-refractivity contribution in [3.05, 3.63) is 17.8 Å². The summed E-state index contributed by atoms with van der Waals surface area (Å²) in [5.41, 5.74) is 0.871. The Balaban J connectivity index is 2.56. The fraction of sp³-hybridized carbons (Fsp3) is 0.500. The first-order valence-corrected chi connectivity index (χ1v) is 4.52.